The van der Waals surface area contributed by atoms with Crippen LogP contribution in [0.1, 0.15) is 18.4 Å². The maximum Gasteiger partial charge on any atom is 0.275 e. The highest BCUT2D eigenvalue weighted by atomic mass is 16.5. The van der Waals surface area contributed by atoms with E-state index in [9.17, 15) is 4.79 Å². The Morgan fingerprint density at radius 3 is 2.36 bits per heavy atom. The van der Waals surface area contributed by atoms with Crippen LogP contribution in [0.2, 0.25) is 0 Å². The van der Waals surface area contributed by atoms with Crippen molar-refractivity contribution in [2.75, 3.05) is 34.5 Å². The number of amides is 1. The van der Waals surface area contributed by atoms with Crippen molar-refractivity contribution in [3.8, 4) is 17.2 Å². The summed E-state index contributed by atoms with van der Waals surface area (Å²) < 4.78 is 21.4. The Hall–Kier alpha value is -2.54. The first-order chi connectivity index (χ1) is 12.2. The minimum Gasteiger partial charge on any atom is -0.496 e. The molecule has 1 fully saturated rings. The molecule has 134 valence electrons. The number of rotatable bonds is 5. The van der Waals surface area contributed by atoms with E-state index in [2.05, 4.69) is 10.3 Å². The van der Waals surface area contributed by atoms with Crippen LogP contribution in [0.3, 0.4) is 0 Å². The molecular formula is C18H22N2O5. The van der Waals surface area contributed by atoms with E-state index in [1.165, 1.54) is 0 Å². The van der Waals surface area contributed by atoms with Gasteiger partial charge in [0.15, 0.2) is 11.5 Å². The summed E-state index contributed by atoms with van der Waals surface area (Å²) in [5.41, 5.74) is 1.05. The average molecular weight is 346 g/mol. The molecule has 0 unspecified atom stereocenters. The highest BCUT2D eigenvalue weighted by Crippen LogP contribution is 2.36. The van der Waals surface area contributed by atoms with Crippen molar-refractivity contribution in [3.63, 3.8) is 0 Å². The van der Waals surface area contributed by atoms with E-state index in [4.69, 9.17) is 18.9 Å². The predicted molar refractivity (Wildman–Crippen MR) is 93.2 cm³/mol. The van der Waals surface area contributed by atoms with E-state index in [1.54, 1.807) is 39.5 Å². The third kappa shape index (κ3) is 3.61. The van der Waals surface area contributed by atoms with Gasteiger partial charge < -0.3 is 24.3 Å². The fraction of sp³-hybridized carbons (Fsp3) is 0.444. The molecule has 1 amide bonds. The number of carbonyl (C=O) groups excluding carboxylic acids is 1. The molecule has 1 aromatic rings. The van der Waals surface area contributed by atoms with E-state index in [-0.39, 0.29) is 11.8 Å². The second-order valence-corrected chi connectivity index (χ2v) is 5.82. The molecule has 7 heteroatoms. The van der Waals surface area contributed by atoms with Gasteiger partial charge in [-0.05, 0) is 25.0 Å². The molecule has 1 saturated heterocycles. The maximum absolute atomic E-state index is 12.3. The third-order valence-electron chi connectivity index (χ3n) is 4.35. The topological polar surface area (TPSA) is 78.4 Å². The van der Waals surface area contributed by atoms with Gasteiger partial charge in [0.2, 0.25) is 0 Å². The van der Waals surface area contributed by atoms with Gasteiger partial charge in [0.25, 0.3) is 5.91 Å². The van der Waals surface area contributed by atoms with Crippen LogP contribution in [0, 0.1) is 5.92 Å². The van der Waals surface area contributed by atoms with Crippen LogP contribution in [0.25, 0.3) is 6.08 Å². The quantitative estimate of drug-likeness (QED) is 0.825. The lowest BCUT2D eigenvalue weighted by atomic mass is 9.99. The van der Waals surface area contributed by atoms with Crippen LogP contribution in [-0.2, 0) is 9.53 Å². The number of nitrogens with one attached hydrogen (secondary N) is 1. The number of ether oxygens (including phenoxy) is 4. The van der Waals surface area contributed by atoms with Crippen molar-refractivity contribution in [1.29, 1.82) is 0 Å². The molecular weight excluding hydrogens is 324 g/mol. The molecule has 7 nitrogen and oxygen atoms in total. The summed E-state index contributed by atoms with van der Waals surface area (Å²) in [5.74, 6) is 2.44. The van der Waals surface area contributed by atoms with Gasteiger partial charge in [0, 0.05) is 30.8 Å². The zero-order valence-corrected chi connectivity index (χ0v) is 14.6. The lowest BCUT2D eigenvalue weighted by molar-refractivity contribution is -0.115. The molecule has 3 rings (SSSR count). The molecule has 2 aliphatic rings. The Balaban J connectivity index is 1.93. The van der Waals surface area contributed by atoms with Crippen LogP contribution in [0.4, 0.5) is 0 Å². The minimum atomic E-state index is -0.210. The van der Waals surface area contributed by atoms with E-state index in [0.29, 0.717) is 41.7 Å². The summed E-state index contributed by atoms with van der Waals surface area (Å²) in [6.07, 6.45) is 3.43. The standard InChI is InChI=1S/C18H22N2O5/c1-22-14-10-16(24-3)15(23-2)9-12(14)8-13-18(21)20-17(19-13)11-4-6-25-7-5-11/h8-11H,4-7H2,1-3H3,(H,19,20,21)/b13-8-. The number of aliphatic imine (C=N–C) groups is 1. The molecule has 2 aliphatic heterocycles. The van der Waals surface area contributed by atoms with Crippen LogP contribution in [0.15, 0.2) is 22.8 Å². The smallest absolute Gasteiger partial charge is 0.275 e. The van der Waals surface area contributed by atoms with Gasteiger partial charge in [-0.1, -0.05) is 0 Å². The summed E-state index contributed by atoms with van der Waals surface area (Å²) >= 11 is 0. The Bertz CT molecular complexity index is 720. The number of nitrogens with zero attached hydrogens (tertiary/aromatic N) is 1. The van der Waals surface area contributed by atoms with Crippen LogP contribution < -0.4 is 19.5 Å². The lowest BCUT2D eigenvalue weighted by Crippen LogP contribution is -2.33. The van der Waals surface area contributed by atoms with E-state index >= 15 is 0 Å². The zero-order chi connectivity index (χ0) is 17.8. The number of carbonyl (C=O) groups is 1. The summed E-state index contributed by atoms with van der Waals surface area (Å²) in [5, 5.41) is 2.87. The first kappa shape index (κ1) is 17.3. The first-order valence-electron chi connectivity index (χ1n) is 8.15. The van der Waals surface area contributed by atoms with Gasteiger partial charge in [0.1, 0.15) is 17.3 Å². The maximum atomic E-state index is 12.3. The summed E-state index contributed by atoms with van der Waals surface area (Å²) in [6.45, 7) is 1.39. The van der Waals surface area contributed by atoms with Crippen LogP contribution in [0.5, 0.6) is 17.2 Å². The van der Waals surface area contributed by atoms with Crippen LogP contribution >= 0.6 is 0 Å². The van der Waals surface area contributed by atoms with Crippen molar-refractivity contribution in [1.82, 2.24) is 5.32 Å². The predicted octanol–water partition coefficient (Wildman–Crippen LogP) is 2.01. The molecule has 2 heterocycles. The number of amidine groups is 1. The van der Waals surface area contributed by atoms with E-state index in [0.717, 1.165) is 18.7 Å². The highest BCUT2D eigenvalue weighted by molar-refractivity contribution is 6.15. The van der Waals surface area contributed by atoms with Gasteiger partial charge in [-0.25, -0.2) is 4.99 Å². The monoisotopic (exact) mass is 346 g/mol. The lowest BCUT2D eigenvalue weighted by Gasteiger charge is -2.21. The Morgan fingerprint density at radius 1 is 1.08 bits per heavy atom. The van der Waals surface area contributed by atoms with Crippen LogP contribution in [-0.4, -0.2) is 46.3 Å². The molecule has 0 spiro atoms. The Labute approximate surface area is 146 Å². The second kappa shape index (κ2) is 7.57. The number of hydrogen-bond donors (Lipinski definition) is 1. The fourth-order valence-electron chi connectivity index (χ4n) is 2.96. The number of methoxy groups -OCH3 is 3. The van der Waals surface area contributed by atoms with E-state index in [1.807, 2.05) is 0 Å². The normalized spacial score (nSPS) is 19.6. The van der Waals surface area contributed by atoms with Gasteiger partial charge in [0.05, 0.1) is 21.3 Å². The minimum absolute atomic E-state index is 0.210. The molecule has 0 bridgehead atoms. The first-order valence-corrected chi connectivity index (χ1v) is 8.15. The largest absolute Gasteiger partial charge is 0.496 e. The Morgan fingerprint density at radius 2 is 1.72 bits per heavy atom. The molecule has 1 aromatic carbocycles. The molecule has 0 saturated carbocycles. The fourth-order valence-corrected chi connectivity index (χ4v) is 2.96. The number of hydrogen-bond acceptors (Lipinski definition) is 6. The molecule has 25 heavy (non-hydrogen) atoms. The molecule has 1 N–H and O–H groups in total. The third-order valence-corrected chi connectivity index (χ3v) is 4.35. The van der Waals surface area contributed by atoms with Crippen molar-refractivity contribution in [3.05, 3.63) is 23.4 Å². The molecule has 0 aromatic heterocycles. The summed E-state index contributed by atoms with van der Waals surface area (Å²) in [4.78, 5) is 16.8. The van der Waals surface area contributed by atoms with Crippen molar-refractivity contribution < 1.29 is 23.7 Å². The summed E-state index contributed by atoms with van der Waals surface area (Å²) in [7, 11) is 4.68. The van der Waals surface area contributed by atoms with Gasteiger partial charge >= 0.3 is 0 Å². The van der Waals surface area contributed by atoms with E-state index < -0.39 is 0 Å². The summed E-state index contributed by atoms with van der Waals surface area (Å²) in [6, 6.07) is 3.49. The average Bonchev–Trinajstić information content (AvgIpc) is 3.02. The zero-order valence-electron chi connectivity index (χ0n) is 14.6. The molecule has 0 aliphatic carbocycles. The van der Waals surface area contributed by atoms with Crippen molar-refractivity contribution >= 4 is 17.8 Å². The van der Waals surface area contributed by atoms with Gasteiger partial charge in [-0.3, -0.25) is 4.79 Å². The highest BCUT2D eigenvalue weighted by Gasteiger charge is 2.28. The second-order valence-electron chi connectivity index (χ2n) is 5.82. The molecule has 0 atom stereocenters. The SMILES string of the molecule is COc1cc(OC)c(OC)cc1/C=C1\N=C(C2CCOCC2)NC1=O. The van der Waals surface area contributed by atoms with Gasteiger partial charge in [-0.2, -0.15) is 0 Å². The van der Waals surface area contributed by atoms with Gasteiger partial charge in [-0.15, -0.1) is 0 Å². The number of benzene rings is 1. The van der Waals surface area contributed by atoms with Crippen molar-refractivity contribution in [2.24, 2.45) is 10.9 Å². The Kier molecular flexibility index (Phi) is 5.23. The van der Waals surface area contributed by atoms with Crippen molar-refractivity contribution in [2.45, 2.75) is 12.8 Å². The molecule has 0 radical (unpaired) electrons.